The van der Waals surface area contributed by atoms with Crippen LogP contribution in [0.4, 0.5) is 0 Å². The van der Waals surface area contributed by atoms with Crippen LogP contribution >= 0.6 is 0 Å². The summed E-state index contributed by atoms with van der Waals surface area (Å²) in [5.74, 6) is -0.521. The minimum Gasteiger partial charge on any atom is -0.496 e. The second-order valence-electron chi connectivity index (χ2n) is 4.96. The van der Waals surface area contributed by atoms with Crippen LogP contribution in [0.25, 0.3) is 0 Å². The zero-order valence-electron chi connectivity index (χ0n) is 12.3. The maximum atomic E-state index is 11.9. The van der Waals surface area contributed by atoms with E-state index < -0.39 is 12.0 Å². The first-order valence-electron chi connectivity index (χ1n) is 6.83. The largest absolute Gasteiger partial charge is 0.496 e. The Labute approximate surface area is 124 Å². The van der Waals surface area contributed by atoms with E-state index in [9.17, 15) is 9.59 Å². The number of rotatable bonds is 8. The van der Waals surface area contributed by atoms with Gasteiger partial charge in [-0.3, -0.25) is 9.59 Å². The smallest absolute Gasteiger partial charge is 0.303 e. The summed E-state index contributed by atoms with van der Waals surface area (Å²) in [5, 5.41) is 11.4. The number of hydrogen-bond donors (Lipinski definition) is 3. The van der Waals surface area contributed by atoms with Gasteiger partial charge in [-0.1, -0.05) is 18.2 Å². The Hall–Kier alpha value is -2.08. The molecule has 0 radical (unpaired) electrons. The third kappa shape index (κ3) is 5.83. The van der Waals surface area contributed by atoms with Gasteiger partial charge in [0.1, 0.15) is 5.75 Å². The standard InChI is InChI=1S/C15H22N2O4/c1-10(9-11-5-3-4-6-13(11)21-2)17-15(20)12(16)7-8-14(18)19/h3-6,10,12H,7-9,16H2,1-2H3,(H,17,20)(H,18,19). The van der Waals surface area contributed by atoms with Crippen molar-refractivity contribution < 1.29 is 19.4 Å². The second-order valence-corrected chi connectivity index (χ2v) is 4.96. The van der Waals surface area contributed by atoms with Crippen molar-refractivity contribution in [2.75, 3.05) is 7.11 Å². The Bertz CT molecular complexity index is 490. The molecule has 0 aliphatic carbocycles. The molecule has 0 saturated carbocycles. The van der Waals surface area contributed by atoms with Crippen LogP contribution in [0.15, 0.2) is 24.3 Å². The van der Waals surface area contributed by atoms with Gasteiger partial charge in [0.15, 0.2) is 0 Å². The van der Waals surface area contributed by atoms with Crippen LogP contribution in [-0.4, -0.2) is 36.2 Å². The van der Waals surface area contributed by atoms with Crippen LogP contribution in [-0.2, 0) is 16.0 Å². The number of hydrogen-bond acceptors (Lipinski definition) is 4. The van der Waals surface area contributed by atoms with Crippen molar-refractivity contribution in [1.82, 2.24) is 5.32 Å². The van der Waals surface area contributed by atoms with Gasteiger partial charge in [-0.05, 0) is 31.4 Å². The molecule has 0 heterocycles. The fraction of sp³-hybridized carbons (Fsp3) is 0.467. The van der Waals surface area contributed by atoms with Crippen molar-refractivity contribution >= 4 is 11.9 Å². The van der Waals surface area contributed by atoms with Gasteiger partial charge in [0, 0.05) is 12.5 Å². The van der Waals surface area contributed by atoms with E-state index in [2.05, 4.69) is 5.32 Å². The zero-order valence-corrected chi connectivity index (χ0v) is 12.3. The molecule has 4 N–H and O–H groups in total. The molecule has 6 heteroatoms. The number of para-hydroxylation sites is 1. The fourth-order valence-electron chi connectivity index (χ4n) is 2.01. The number of nitrogens with two attached hydrogens (primary N) is 1. The van der Waals surface area contributed by atoms with Crippen molar-refractivity contribution in [3.05, 3.63) is 29.8 Å². The van der Waals surface area contributed by atoms with Crippen molar-refractivity contribution in [2.24, 2.45) is 5.73 Å². The van der Waals surface area contributed by atoms with E-state index in [0.29, 0.717) is 6.42 Å². The first-order valence-corrected chi connectivity index (χ1v) is 6.83. The third-order valence-corrected chi connectivity index (χ3v) is 3.11. The molecule has 0 saturated heterocycles. The predicted octanol–water partition coefficient (Wildman–Crippen LogP) is 0.934. The maximum absolute atomic E-state index is 11.9. The molecule has 116 valence electrons. The fourth-order valence-corrected chi connectivity index (χ4v) is 2.01. The van der Waals surface area contributed by atoms with Gasteiger partial charge in [0.05, 0.1) is 13.2 Å². The molecule has 2 atom stereocenters. The molecular formula is C15H22N2O4. The average molecular weight is 294 g/mol. The summed E-state index contributed by atoms with van der Waals surface area (Å²) in [6.45, 7) is 1.87. The van der Waals surface area contributed by atoms with Gasteiger partial charge >= 0.3 is 5.97 Å². The summed E-state index contributed by atoms with van der Waals surface area (Å²) in [6.07, 6.45) is 0.624. The molecule has 21 heavy (non-hydrogen) atoms. The number of ether oxygens (including phenoxy) is 1. The predicted molar refractivity (Wildman–Crippen MR) is 79.1 cm³/mol. The first kappa shape index (κ1) is 17.0. The molecule has 2 unspecified atom stereocenters. The molecule has 1 amide bonds. The summed E-state index contributed by atoms with van der Waals surface area (Å²) in [6, 6.07) is 6.66. The Morgan fingerprint density at radius 1 is 1.38 bits per heavy atom. The summed E-state index contributed by atoms with van der Waals surface area (Å²) < 4.78 is 5.26. The van der Waals surface area contributed by atoms with Gasteiger partial charge in [-0.25, -0.2) is 0 Å². The van der Waals surface area contributed by atoms with E-state index in [4.69, 9.17) is 15.6 Å². The lowest BCUT2D eigenvalue weighted by molar-refractivity contribution is -0.137. The number of carboxylic acids is 1. The molecule has 1 aromatic rings. The van der Waals surface area contributed by atoms with E-state index in [0.717, 1.165) is 11.3 Å². The Kier molecular flexibility index (Phi) is 6.68. The number of aliphatic carboxylic acids is 1. The van der Waals surface area contributed by atoms with E-state index in [1.165, 1.54) is 0 Å². The van der Waals surface area contributed by atoms with Crippen molar-refractivity contribution in [3.8, 4) is 5.75 Å². The Morgan fingerprint density at radius 2 is 2.05 bits per heavy atom. The van der Waals surface area contributed by atoms with Crippen LogP contribution in [0.2, 0.25) is 0 Å². The second kappa shape index (κ2) is 8.26. The summed E-state index contributed by atoms with van der Waals surface area (Å²) in [5.41, 5.74) is 6.66. The monoisotopic (exact) mass is 294 g/mol. The number of amides is 1. The average Bonchev–Trinajstić information content (AvgIpc) is 2.44. The van der Waals surface area contributed by atoms with E-state index in [-0.39, 0.29) is 24.8 Å². The minimum absolute atomic E-state index is 0.116. The van der Waals surface area contributed by atoms with E-state index in [1.54, 1.807) is 7.11 Å². The van der Waals surface area contributed by atoms with E-state index in [1.807, 2.05) is 31.2 Å². The van der Waals surface area contributed by atoms with Gasteiger partial charge in [-0.2, -0.15) is 0 Å². The number of carboxylic acid groups (broad SMARTS) is 1. The normalized spacial score (nSPS) is 13.3. The quantitative estimate of drug-likeness (QED) is 0.662. The number of carbonyl (C=O) groups is 2. The lowest BCUT2D eigenvalue weighted by Crippen LogP contribution is -2.45. The third-order valence-electron chi connectivity index (χ3n) is 3.11. The number of nitrogens with one attached hydrogen (secondary N) is 1. The summed E-state index contributed by atoms with van der Waals surface area (Å²) in [4.78, 5) is 22.3. The highest BCUT2D eigenvalue weighted by Crippen LogP contribution is 2.18. The molecular weight excluding hydrogens is 272 g/mol. The first-order chi connectivity index (χ1) is 9.93. The topological polar surface area (TPSA) is 102 Å². The highest BCUT2D eigenvalue weighted by Gasteiger charge is 2.17. The zero-order chi connectivity index (χ0) is 15.8. The molecule has 0 aromatic heterocycles. The van der Waals surface area contributed by atoms with Crippen molar-refractivity contribution in [2.45, 2.75) is 38.3 Å². The Morgan fingerprint density at radius 3 is 2.67 bits per heavy atom. The van der Waals surface area contributed by atoms with Crippen LogP contribution in [0.1, 0.15) is 25.3 Å². The lowest BCUT2D eigenvalue weighted by Gasteiger charge is -2.18. The van der Waals surface area contributed by atoms with Crippen LogP contribution in [0, 0.1) is 0 Å². The van der Waals surface area contributed by atoms with Gasteiger partial charge in [0.2, 0.25) is 5.91 Å². The molecule has 0 aliphatic rings. The highest BCUT2D eigenvalue weighted by molar-refractivity contribution is 5.82. The molecule has 0 aliphatic heterocycles. The van der Waals surface area contributed by atoms with Crippen LogP contribution in [0.3, 0.4) is 0 Å². The molecule has 0 fully saturated rings. The lowest BCUT2D eigenvalue weighted by atomic mass is 10.1. The van der Waals surface area contributed by atoms with Gasteiger partial charge in [0.25, 0.3) is 0 Å². The number of carbonyl (C=O) groups excluding carboxylic acids is 1. The highest BCUT2D eigenvalue weighted by atomic mass is 16.5. The number of methoxy groups -OCH3 is 1. The van der Waals surface area contributed by atoms with Crippen LogP contribution < -0.4 is 15.8 Å². The molecule has 0 spiro atoms. The minimum atomic E-state index is -0.958. The molecule has 1 rings (SSSR count). The summed E-state index contributed by atoms with van der Waals surface area (Å²) in [7, 11) is 1.60. The maximum Gasteiger partial charge on any atom is 0.303 e. The Balaban J connectivity index is 2.51. The SMILES string of the molecule is COc1ccccc1CC(C)NC(=O)C(N)CCC(=O)O. The van der Waals surface area contributed by atoms with Crippen molar-refractivity contribution in [1.29, 1.82) is 0 Å². The molecule has 1 aromatic carbocycles. The van der Waals surface area contributed by atoms with E-state index >= 15 is 0 Å². The van der Waals surface area contributed by atoms with Crippen molar-refractivity contribution in [3.63, 3.8) is 0 Å². The van der Waals surface area contributed by atoms with Crippen LogP contribution in [0.5, 0.6) is 5.75 Å². The number of benzene rings is 1. The summed E-state index contributed by atoms with van der Waals surface area (Å²) >= 11 is 0. The van der Waals surface area contributed by atoms with Gasteiger partial charge in [-0.15, -0.1) is 0 Å². The molecule has 6 nitrogen and oxygen atoms in total. The van der Waals surface area contributed by atoms with Gasteiger partial charge < -0.3 is 20.9 Å². The molecule has 0 bridgehead atoms.